The topological polar surface area (TPSA) is 56.3 Å². The van der Waals surface area contributed by atoms with E-state index in [1.165, 1.54) is 0 Å². The predicted octanol–water partition coefficient (Wildman–Crippen LogP) is 1.30. The van der Waals surface area contributed by atoms with E-state index in [1.54, 1.807) is 0 Å². The van der Waals surface area contributed by atoms with Gasteiger partial charge < -0.3 is 14.8 Å². The van der Waals surface area contributed by atoms with Gasteiger partial charge in [-0.2, -0.15) is 4.98 Å². The van der Waals surface area contributed by atoms with Crippen LogP contribution in [-0.2, 0) is 4.74 Å². The van der Waals surface area contributed by atoms with Crippen molar-refractivity contribution in [1.29, 1.82) is 0 Å². The Kier molecular flexibility index (Phi) is 3.24. The molecule has 88 valence electrons. The number of rotatable bonds is 3. The molecule has 0 aliphatic carbocycles. The highest BCUT2D eigenvalue weighted by atomic mass is 16.5. The summed E-state index contributed by atoms with van der Waals surface area (Å²) in [6.45, 7) is 5.23. The molecule has 1 atom stereocenters. The van der Waals surface area contributed by atoms with E-state index in [4.69, 9.17) is 9.47 Å². The van der Waals surface area contributed by atoms with Gasteiger partial charge in [0.2, 0.25) is 5.88 Å². The Morgan fingerprint density at radius 3 is 2.81 bits per heavy atom. The molecule has 1 N–H and O–H groups in total. The van der Waals surface area contributed by atoms with Gasteiger partial charge in [-0.25, -0.2) is 4.98 Å². The summed E-state index contributed by atoms with van der Waals surface area (Å²) in [5, 5.41) is 3.04. The SMILES string of the molecule is CNc1nc(C)nc(OC2CCOC2)c1C. The first-order valence-corrected chi connectivity index (χ1v) is 5.48. The van der Waals surface area contributed by atoms with E-state index in [0.717, 1.165) is 24.4 Å². The van der Waals surface area contributed by atoms with E-state index in [0.29, 0.717) is 18.3 Å². The van der Waals surface area contributed by atoms with Crippen molar-refractivity contribution in [2.24, 2.45) is 0 Å². The van der Waals surface area contributed by atoms with Crippen molar-refractivity contribution in [3.63, 3.8) is 0 Å². The number of hydrogen-bond donors (Lipinski definition) is 1. The average Bonchev–Trinajstić information content (AvgIpc) is 2.75. The Hall–Kier alpha value is -1.36. The fraction of sp³-hybridized carbons (Fsp3) is 0.636. The van der Waals surface area contributed by atoms with Gasteiger partial charge in [0.05, 0.1) is 18.8 Å². The van der Waals surface area contributed by atoms with Crippen LogP contribution in [0.3, 0.4) is 0 Å². The van der Waals surface area contributed by atoms with Crippen LogP contribution in [0, 0.1) is 13.8 Å². The number of nitrogens with zero attached hydrogens (tertiary/aromatic N) is 2. The van der Waals surface area contributed by atoms with Crippen molar-refractivity contribution < 1.29 is 9.47 Å². The summed E-state index contributed by atoms with van der Waals surface area (Å²) >= 11 is 0. The second-order valence-corrected chi connectivity index (χ2v) is 3.90. The number of aryl methyl sites for hydroxylation is 1. The van der Waals surface area contributed by atoms with Crippen LogP contribution in [0.1, 0.15) is 17.8 Å². The van der Waals surface area contributed by atoms with Crippen molar-refractivity contribution in [2.45, 2.75) is 26.4 Å². The van der Waals surface area contributed by atoms with Crippen LogP contribution < -0.4 is 10.1 Å². The van der Waals surface area contributed by atoms with Crippen molar-refractivity contribution in [2.75, 3.05) is 25.6 Å². The molecule has 1 saturated heterocycles. The minimum Gasteiger partial charge on any atom is -0.471 e. The first-order valence-electron chi connectivity index (χ1n) is 5.48. The largest absolute Gasteiger partial charge is 0.471 e. The van der Waals surface area contributed by atoms with Crippen molar-refractivity contribution in [1.82, 2.24) is 9.97 Å². The van der Waals surface area contributed by atoms with Gasteiger partial charge in [0.15, 0.2) is 0 Å². The molecule has 0 radical (unpaired) electrons. The van der Waals surface area contributed by atoms with E-state index in [9.17, 15) is 0 Å². The third-order valence-corrected chi connectivity index (χ3v) is 2.62. The summed E-state index contributed by atoms with van der Waals surface area (Å²) in [5.41, 5.74) is 0.944. The zero-order valence-electron chi connectivity index (χ0n) is 9.91. The molecule has 2 heterocycles. The highest BCUT2D eigenvalue weighted by Crippen LogP contribution is 2.24. The van der Waals surface area contributed by atoms with E-state index >= 15 is 0 Å². The van der Waals surface area contributed by atoms with Crippen molar-refractivity contribution >= 4 is 5.82 Å². The number of aromatic nitrogens is 2. The maximum Gasteiger partial charge on any atom is 0.222 e. The average molecular weight is 223 g/mol. The molecule has 5 heteroatoms. The molecule has 1 aromatic heterocycles. The Morgan fingerprint density at radius 1 is 1.38 bits per heavy atom. The van der Waals surface area contributed by atoms with Crippen LogP contribution in [-0.4, -0.2) is 36.3 Å². The fourth-order valence-electron chi connectivity index (χ4n) is 1.72. The molecule has 1 aromatic rings. The third-order valence-electron chi connectivity index (χ3n) is 2.62. The normalized spacial score (nSPS) is 19.8. The Balaban J connectivity index is 2.21. The molecule has 0 spiro atoms. The summed E-state index contributed by atoms with van der Waals surface area (Å²) in [4.78, 5) is 8.61. The second kappa shape index (κ2) is 4.65. The molecule has 1 aliphatic rings. The van der Waals surface area contributed by atoms with Crippen LogP contribution in [0.2, 0.25) is 0 Å². The van der Waals surface area contributed by atoms with Crippen LogP contribution in [0.5, 0.6) is 5.88 Å². The van der Waals surface area contributed by atoms with E-state index in [1.807, 2.05) is 20.9 Å². The monoisotopic (exact) mass is 223 g/mol. The molecular formula is C11H17N3O2. The van der Waals surface area contributed by atoms with Gasteiger partial charge in [-0.3, -0.25) is 0 Å². The van der Waals surface area contributed by atoms with Gasteiger partial charge in [-0.05, 0) is 13.8 Å². The molecule has 1 aliphatic heterocycles. The predicted molar refractivity (Wildman–Crippen MR) is 60.9 cm³/mol. The maximum atomic E-state index is 5.81. The number of nitrogens with one attached hydrogen (secondary N) is 1. The zero-order chi connectivity index (χ0) is 11.5. The van der Waals surface area contributed by atoms with Crippen LogP contribution in [0.15, 0.2) is 0 Å². The molecule has 0 saturated carbocycles. The lowest BCUT2D eigenvalue weighted by Crippen LogP contribution is -2.18. The quantitative estimate of drug-likeness (QED) is 0.837. The first-order chi connectivity index (χ1) is 7.70. The molecule has 16 heavy (non-hydrogen) atoms. The van der Waals surface area contributed by atoms with Crippen LogP contribution in [0.4, 0.5) is 5.82 Å². The number of anilines is 1. The summed E-state index contributed by atoms with van der Waals surface area (Å²) < 4.78 is 11.1. The molecule has 2 rings (SSSR count). The molecule has 0 aromatic carbocycles. The van der Waals surface area contributed by atoms with Crippen molar-refractivity contribution in [3.05, 3.63) is 11.4 Å². The molecule has 0 amide bonds. The molecule has 5 nitrogen and oxygen atoms in total. The highest BCUT2D eigenvalue weighted by Gasteiger charge is 2.20. The minimum absolute atomic E-state index is 0.123. The first kappa shape index (κ1) is 11.1. The Bertz CT molecular complexity index is 376. The highest BCUT2D eigenvalue weighted by molar-refractivity contribution is 5.47. The smallest absolute Gasteiger partial charge is 0.222 e. The van der Waals surface area contributed by atoms with Gasteiger partial charge in [0.25, 0.3) is 0 Å². The molecule has 1 fully saturated rings. The summed E-state index contributed by atoms with van der Waals surface area (Å²) in [6.07, 6.45) is 1.05. The molecular weight excluding hydrogens is 206 g/mol. The van der Waals surface area contributed by atoms with Crippen LogP contribution in [0.25, 0.3) is 0 Å². The van der Waals surface area contributed by atoms with Gasteiger partial charge in [-0.1, -0.05) is 0 Å². The van der Waals surface area contributed by atoms with E-state index in [-0.39, 0.29) is 6.10 Å². The molecule has 1 unspecified atom stereocenters. The maximum absolute atomic E-state index is 5.81. The fourth-order valence-corrected chi connectivity index (χ4v) is 1.72. The van der Waals surface area contributed by atoms with Gasteiger partial charge in [-0.15, -0.1) is 0 Å². The lowest BCUT2D eigenvalue weighted by molar-refractivity contribution is 0.137. The third kappa shape index (κ3) is 2.24. The minimum atomic E-state index is 0.123. The second-order valence-electron chi connectivity index (χ2n) is 3.90. The lowest BCUT2D eigenvalue weighted by atomic mass is 10.3. The lowest BCUT2D eigenvalue weighted by Gasteiger charge is -2.15. The van der Waals surface area contributed by atoms with Gasteiger partial charge in [0.1, 0.15) is 17.7 Å². The Labute approximate surface area is 95.2 Å². The van der Waals surface area contributed by atoms with Crippen LogP contribution >= 0.6 is 0 Å². The molecule has 0 bridgehead atoms. The van der Waals surface area contributed by atoms with E-state index in [2.05, 4.69) is 15.3 Å². The van der Waals surface area contributed by atoms with E-state index < -0.39 is 0 Å². The van der Waals surface area contributed by atoms with Crippen molar-refractivity contribution in [3.8, 4) is 5.88 Å². The standard InChI is InChI=1S/C11H17N3O2/c1-7-10(12-3)13-8(2)14-11(7)16-9-4-5-15-6-9/h9H,4-6H2,1-3H3,(H,12,13,14). The number of hydrogen-bond acceptors (Lipinski definition) is 5. The van der Waals surface area contributed by atoms with Gasteiger partial charge in [0, 0.05) is 13.5 Å². The number of ether oxygens (including phenoxy) is 2. The van der Waals surface area contributed by atoms with Gasteiger partial charge >= 0.3 is 0 Å². The summed E-state index contributed by atoms with van der Waals surface area (Å²) in [7, 11) is 1.84. The summed E-state index contributed by atoms with van der Waals surface area (Å²) in [5.74, 6) is 2.19. The zero-order valence-corrected chi connectivity index (χ0v) is 9.91. The summed E-state index contributed by atoms with van der Waals surface area (Å²) in [6, 6.07) is 0. The Morgan fingerprint density at radius 2 is 2.19 bits per heavy atom.